The average Bonchev–Trinajstić information content (AvgIpc) is 1.89. The predicted octanol–water partition coefficient (Wildman–Crippen LogP) is -0.737. The van der Waals surface area contributed by atoms with E-state index in [9.17, 15) is 0 Å². The molecule has 0 saturated carbocycles. The summed E-state index contributed by atoms with van der Waals surface area (Å²) in [7, 11) is 0. The molecule has 1 aliphatic heterocycles. The predicted molar refractivity (Wildman–Crippen MR) is 35.8 cm³/mol. The van der Waals surface area contributed by atoms with Gasteiger partial charge in [0.05, 0.1) is 6.17 Å². The lowest BCUT2D eigenvalue weighted by Gasteiger charge is -2.27. The molecule has 2 atom stereocenters. The van der Waals surface area contributed by atoms with Crippen molar-refractivity contribution in [3.05, 3.63) is 0 Å². The standard InChI is InChI=1S/C6H14N2O/c7-6-5(4-9)2-1-3-8-6/h5-6,8-9H,1-4,7H2. The normalized spacial score (nSPS) is 36.7. The molecule has 0 aromatic heterocycles. The maximum absolute atomic E-state index is 8.74. The number of aliphatic hydroxyl groups is 1. The molecule has 54 valence electrons. The fraction of sp³-hybridized carbons (Fsp3) is 1.00. The van der Waals surface area contributed by atoms with Crippen LogP contribution in [0.5, 0.6) is 0 Å². The van der Waals surface area contributed by atoms with Gasteiger partial charge in [-0.15, -0.1) is 0 Å². The molecule has 1 aliphatic rings. The molecule has 9 heavy (non-hydrogen) atoms. The summed E-state index contributed by atoms with van der Waals surface area (Å²) in [5.41, 5.74) is 5.62. The van der Waals surface area contributed by atoms with Gasteiger partial charge in [0.2, 0.25) is 0 Å². The molecule has 0 radical (unpaired) electrons. The summed E-state index contributed by atoms with van der Waals surface area (Å²) in [6.07, 6.45) is 2.22. The van der Waals surface area contributed by atoms with Crippen LogP contribution in [0.3, 0.4) is 0 Å². The van der Waals surface area contributed by atoms with E-state index in [1.54, 1.807) is 0 Å². The third-order valence-electron chi connectivity index (χ3n) is 1.87. The topological polar surface area (TPSA) is 58.3 Å². The van der Waals surface area contributed by atoms with E-state index < -0.39 is 0 Å². The van der Waals surface area contributed by atoms with Gasteiger partial charge in [0.15, 0.2) is 0 Å². The minimum Gasteiger partial charge on any atom is -0.396 e. The highest BCUT2D eigenvalue weighted by atomic mass is 16.3. The summed E-state index contributed by atoms with van der Waals surface area (Å²) in [5.74, 6) is 0.277. The fourth-order valence-corrected chi connectivity index (χ4v) is 1.18. The van der Waals surface area contributed by atoms with Crippen molar-refractivity contribution in [2.24, 2.45) is 11.7 Å². The lowest BCUT2D eigenvalue weighted by Crippen LogP contribution is -2.48. The van der Waals surface area contributed by atoms with Gasteiger partial charge < -0.3 is 16.2 Å². The monoisotopic (exact) mass is 130 g/mol. The highest BCUT2D eigenvalue weighted by Crippen LogP contribution is 2.11. The van der Waals surface area contributed by atoms with Crippen LogP contribution in [0.25, 0.3) is 0 Å². The first-order valence-corrected chi connectivity index (χ1v) is 3.44. The molecule has 1 saturated heterocycles. The molecular weight excluding hydrogens is 116 g/mol. The first-order valence-electron chi connectivity index (χ1n) is 3.44. The molecule has 0 aromatic carbocycles. The smallest absolute Gasteiger partial charge is 0.0597 e. The second-order valence-corrected chi connectivity index (χ2v) is 2.56. The number of rotatable bonds is 1. The van der Waals surface area contributed by atoms with Gasteiger partial charge in [0.25, 0.3) is 0 Å². The highest BCUT2D eigenvalue weighted by Gasteiger charge is 2.19. The van der Waals surface area contributed by atoms with Crippen LogP contribution in [-0.2, 0) is 0 Å². The van der Waals surface area contributed by atoms with E-state index in [-0.39, 0.29) is 18.7 Å². The lowest BCUT2D eigenvalue weighted by atomic mass is 9.97. The molecule has 1 heterocycles. The van der Waals surface area contributed by atoms with Gasteiger partial charge in [-0.3, -0.25) is 0 Å². The minimum absolute atomic E-state index is 0.0174. The number of nitrogens with two attached hydrogens (primary N) is 1. The van der Waals surface area contributed by atoms with Crippen molar-refractivity contribution in [1.82, 2.24) is 5.32 Å². The quantitative estimate of drug-likeness (QED) is 0.438. The zero-order valence-corrected chi connectivity index (χ0v) is 5.51. The van der Waals surface area contributed by atoms with E-state index in [1.165, 1.54) is 0 Å². The Bertz CT molecular complexity index is 87.1. The number of piperidine rings is 1. The Labute approximate surface area is 55.2 Å². The van der Waals surface area contributed by atoms with Gasteiger partial charge in [-0.05, 0) is 19.4 Å². The van der Waals surface area contributed by atoms with Crippen LogP contribution in [0.4, 0.5) is 0 Å². The molecule has 3 nitrogen and oxygen atoms in total. The van der Waals surface area contributed by atoms with Gasteiger partial charge in [0.1, 0.15) is 0 Å². The maximum Gasteiger partial charge on any atom is 0.0597 e. The third-order valence-corrected chi connectivity index (χ3v) is 1.87. The fourth-order valence-electron chi connectivity index (χ4n) is 1.18. The van der Waals surface area contributed by atoms with E-state index >= 15 is 0 Å². The van der Waals surface area contributed by atoms with E-state index in [0.29, 0.717) is 0 Å². The molecule has 0 aromatic rings. The number of hydrogen-bond donors (Lipinski definition) is 3. The Kier molecular flexibility index (Phi) is 2.45. The Morgan fingerprint density at radius 3 is 2.89 bits per heavy atom. The maximum atomic E-state index is 8.74. The molecule has 0 amide bonds. The number of nitrogens with one attached hydrogen (secondary N) is 1. The Morgan fingerprint density at radius 1 is 1.67 bits per heavy atom. The molecular formula is C6H14N2O. The summed E-state index contributed by atoms with van der Waals surface area (Å²) in [4.78, 5) is 0. The van der Waals surface area contributed by atoms with E-state index in [2.05, 4.69) is 5.32 Å². The van der Waals surface area contributed by atoms with Crippen LogP contribution in [0.1, 0.15) is 12.8 Å². The SMILES string of the molecule is NC1NCCCC1CO. The average molecular weight is 130 g/mol. The largest absolute Gasteiger partial charge is 0.396 e. The summed E-state index contributed by atoms with van der Waals surface area (Å²) in [5, 5.41) is 11.8. The van der Waals surface area contributed by atoms with Crippen molar-refractivity contribution in [2.75, 3.05) is 13.2 Å². The van der Waals surface area contributed by atoms with Crippen molar-refractivity contribution in [3.8, 4) is 0 Å². The first-order chi connectivity index (χ1) is 4.34. The molecule has 1 rings (SSSR count). The van der Waals surface area contributed by atoms with Crippen molar-refractivity contribution < 1.29 is 5.11 Å². The zero-order chi connectivity index (χ0) is 6.69. The van der Waals surface area contributed by atoms with E-state index in [4.69, 9.17) is 10.8 Å². The highest BCUT2D eigenvalue weighted by molar-refractivity contribution is 4.75. The van der Waals surface area contributed by atoms with E-state index in [0.717, 1.165) is 19.4 Å². The molecule has 3 heteroatoms. The molecule has 0 spiro atoms. The second kappa shape index (κ2) is 3.15. The molecule has 2 unspecified atom stereocenters. The van der Waals surface area contributed by atoms with Crippen LogP contribution < -0.4 is 11.1 Å². The van der Waals surface area contributed by atoms with Gasteiger partial charge in [-0.1, -0.05) is 0 Å². The van der Waals surface area contributed by atoms with Gasteiger partial charge >= 0.3 is 0 Å². The van der Waals surface area contributed by atoms with Crippen molar-refractivity contribution in [2.45, 2.75) is 19.0 Å². The number of hydrogen-bond acceptors (Lipinski definition) is 3. The van der Waals surface area contributed by atoms with Gasteiger partial charge in [-0.2, -0.15) is 0 Å². The minimum atomic E-state index is 0.0174. The van der Waals surface area contributed by atoms with Crippen LogP contribution in [0.15, 0.2) is 0 Å². The lowest BCUT2D eigenvalue weighted by molar-refractivity contribution is 0.162. The van der Waals surface area contributed by atoms with E-state index in [1.807, 2.05) is 0 Å². The molecule has 0 bridgehead atoms. The van der Waals surface area contributed by atoms with Crippen LogP contribution >= 0.6 is 0 Å². The Balaban J connectivity index is 2.30. The molecule has 4 N–H and O–H groups in total. The summed E-state index contributed by atoms with van der Waals surface area (Å²) in [6, 6.07) is 0. The zero-order valence-electron chi connectivity index (χ0n) is 5.51. The third kappa shape index (κ3) is 1.64. The van der Waals surface area contributed by atoms with Crippen molar-refractivity contribution in [1.29, 1.82) is 0 Å². The first kappa shape index (κ1) is 6.99. The Morgan fingerprint density at radius 2 is 2.44 bits per heavy atom. The summed E-state index contributed by atoms with van der Waals surface area (Å²) in [6.45, 7) is 1.21. The summed E-state index contributed by atoms with van der Waals surface area (Å²) < 4.78 is 0. The van der Waals surface area contributed by atoms with Crippen LogP contribution in [0, 0.1) is 5.92 Å². The second-order valence-electron chi connectivity index (χ2n) is 2.56. The van der Waals surface area contributed by atoms with Gasteiger partial charge in [-0.25, -0.2) is 0 Å². The van der Waals surface area contributed by atoms with Gasteiger partial charge in [0, 0.05) is 12.5 Å². The number of aliphatic hydroxyl groups excluding tert-OH is 1. The molecule has 0 aliphatic carbocycles. The van der Waals surface area contributed by atoms with Crippen molar-refractivity contribution in [3.63, 3.8) is 0 Å². The molecule has 1 fully saturated rings. The van der Waals surface area contributed by atoms with Crippen LogP contribution in [0.2, 0.25) is 0 Å². The van der Waals surface area contributed by atoms with Crippen molar-refractivity contribution >= 4 is 0 Å². The van der Waals surface area contributed by atoms with Crippen LogP contribution in [-0.4, -0.2) is 24.4 Å². The summed E-state index contributed by atoms with van der Waals surface area (Å²) >= 11 is 0. The Hall–Kier alpha value is -0.120.